The van der Waals surface area contributed by atoms with Crippen molar-refractivity contribution in [2.45, 2.75) is 45.3 Å². The lowest BCUT2D eigenvalue weighted by Gasteiger charge is -2.23. The second kappa shape index (κ2) is 6.17. The number of aromatic nitrogens is 2. The molecule has 2 heterocycles. The largest absolute Gasteiger partial charge is 0.377 e. The Bertz CT molecular complexity index is 329. The zero-order valence-corrected chi connectivity index (χ0v) is 10.9. The summed E-state index contributed by atoms with van der Waals surface area (Å²) in [5.41, 5.74) is 1.37. The van der Waals surface area contributed by atoms with Gasteiger partial charge in [0, 0.05) is 24.4 Å². The number of ether oxygens (including phenoxy) is 1. The molecule has 0 atom stereocenters. The third-order valence-corrected chi connectivity index (χ3v) is 3.29. The molecule has 4 heteroatoms. The molecule has 1 aliphatic heterocycles. The molecule has 0 spiro atoms. The van der Waals surface area contributed by atoms with Crippen LogP contribution < -0.4 is 5.32 Å². The lowest BCUT2D eigenvalue weighted by Crippen LogP contribution is -2.28. The number of nitrogens with one attached hydrogen (secondary N) is 1. The van der Waals surface area contributed by atoms with Crippen LogP contribution in [-0.4, -0.2) is 35.4 Å². The average Bonchev–Trinajstić information content (AvgIpc) is 2.78. The van der Waals surface area contributed by atoms with E-state index in [-0.39, 0.29) is 0 Å². The molecule has 4 nitrogen and oxygen atoms in total. The molecule has 0 radical (unpaired) electrons. The Balaban J connectivity index is 1.91. The van der Waals surface area contributed by atoms with Gasteiger partial charge in [-0.3, -0.25) is 0 Å². The van der Waals surface area contributed by atoms with Crippen molar-refractivity contribution < 1.29 is 4.74 Å². The van der Waals surface area contributed by atoms with Gasteiger partial charge in [-0.1, -0.05) is 0 Å². The molecule has 1 fully saturated rings. The summed E-state index contributed by atoms with van der Waals surface area (Å²) in [6, 6.07) is 0. The Morgan fingerprint density at radius 2 is 2.24 bits per heavy atom. The fourth-order valence-corrected chi connectivity index (χ4v) is 2.36. The molecule has 0 saturated carbocycles. The maximum Gasteiger partial charge on any atom is 0.0949 e. The van der Waals surface area contributed by atoms with Crippen LogP contribution in [0.2, 0.25) is 0 Å². The van der Waals surface area contributed by atoms with Gasteiger partial charge in [0.25, 0.3) is 0 Å². The van der Waals surface area contributed by atoms with E-state index in [1.54, 1.807) is 0 Å². The fraction of sp³-hybridized carbons (Fsp3) is 0.769. The normalized spacial score (nSPS) is 17.8. The van der Waals surface area contributed by atoms with Crippen LogP contribution in [0.15, 0.2) is 12.5 Å². The molecule has 17 heavy (non-hydrogen) atoms. The molecule has 0 amide bonds. The average molecular weight is 237 g/mol. The SMILES string of the molecule is CC(C)OCCn1cncc1C1CCNCC1. The van der Waals surface area contributed by atoms with Gasteiger partial charge in [0.2, 0.25) is 0 Å². The van der Waals surface area contributed by atoms with E-state index >= 15 is 0 Å². The molecule has 0 bridgehead atoms. The molecule has 0 aliphatic carbocycles. The molecule has 1 aromatic heterocycles. The summed E-state index contributed by atoms with van der Waals surface area (Å²) in [5, 5.41) is 3.40. The monoisotopic (exact) mass is 237 g/mol. The van der Waals surface area contributed by atoms with Crippen LogP contribution in [-0.2, 0) is 11.3 Å². The van der Waals surface area contributed by atoms with Crippen LogP contribution in [0.25, 0.3) is 0 Å². The first-order valence-corrected chi connectivity index (χ1v) is 6.59. The van der Waals surface area contributed by atoms with Gasteiger partial charge in [0.1, 0.15) is 0 Å². The number of hydrogen-bond acceptors (Lipinski definition) is 3. The van der Waals surface area contributed by atoms with Crippen LogP contribution in [0.5, 0.6) is 0 Å². The van der Waals surface area contributed by atoms with Crippen molar-refractivity contribution >= 4 is 0 Å². The Morgan fingerprint density at radius 1 is 1.47 bits per heavy atom. The predicted molar refractivity (Wildman–Crippen MR) is 68.2 cm³/mol. The van der Waals surface area contributed by atoms with Crippen molar-refractivity contribution in [3.63, 3.8) is 0 Å². The Hall–Kier alpha value is -0.870. The lowest BCUT2D eigenvalue weighted by molar-refractivity contribution is 0.0721. The quantitative estimate of drug-likeness (QED) is 0.848. The van der Waals surface area contributed by atoms with Crippen LogP contribution in [0, 0.1) is 0 Å². The van der Waals surface area contributed by atoms with E-state index in [0.29, 0.717) is 12.0 Å². The van der Waals surface area contributed by atoms with Crippen molar-refractivity contribution in [1.29, 1.82) is 0 Å². The summed E-state index contributed by atoms with van der Waals surface area (Å²) in [4.78, 5) is 4.28. The van der Waals surface area contributed by atoms with Crippen molar-refractivity contribution in [3.05, 3.63) is 18.2 Å². The van der Waals surface area contributed by atoms with Crippen molar-refractivity contribution in [2.75, 3.05) is 19.7 Å². The van der Waals surface area contributed by atoms with Crippen LogP contribution >= 0.6 is 0 Å². The summed E-state index contributed by atoms with van der Waals surface area (Å²) in [5.74, 6) is 0.665. The predicted octanol–water partition coefficient (Wildman–Crippen LogP) is 1.78. The third kappa shape index (κ3) is 3.54. The number of piperidine rings is 1. The van der Waals surface area contributed by atoms with Crippen LogP contribution in [0.1, 0.15) is 38.3 Å². The second-order valence-corrected chi connectivity index (χ2v) is 4.96. The van der Waals surface area contributed by atoms with E-state index in [4.69, 9.17) is 4.74 Å². The summed E-state index contributed by atoms with van der Waals surface area (Å²) in [6.07, 6.45) is 6.70. The Labute approximate surface area is 103 Å². The summed E-state index contributed by atoms with van der Waals surface area (Å²) in [7, 11) is 0. The number of nitrogens with zero attached hydrogens (tertiary/aromatic N) is 2. The third-order valence-electron chi connectivity index (χ3n) is 3.29. The molecule has 0 unspecified atom stereocenters. The molecule has 1 aliphatic rings. The molecule has 1 saturated heterocycles. The Kier molecular flexibility index (Phi) is 4.57. The van der Waals surface area contributed by atoms with Crippen LogP contribution in [0.4, 0.5) is 0 Å². The molecular weight excluding hydrogens is 214 g/mol. The molecular formula is C13H23N3O. The van der Waals surface area contributed by atoms with Crippen molar-refractivity contribution in [1.82, 2.24) is 14.9 Å². The van der Waals surface area contributed by atoms with Gasteiger partial charge in [-0.15, -0.1) is 0 Å². The zero-order chi connectivity index (χ0) is 12.1. The number of rotatable bonds is 5. The highest BCUT2D eigenvalue weighted by molar-refractivity contribution is 5.07. The summed E-state index contributed by atoms with van der Waals surface area (Å²) in [6.45, 7) is 8.07. The molecule has 1 N–H and O–H groups in total. The van der Waals surface area contributed by atoms with Gasteiger partial charge in [-0.2, -0.15) is 0 Å². The summed E-state index contributed by atoms with van der Waals surface area (Å²) < 4.78 is 7.84. The fourth-order valence-electron chi connectivity index (χ4n) is 2.36. The van der Waals surface area contributed by atoms with E-state index in [1.807, 2.05) is 12.5 Å². The Morgan fingerprint density at radius 3 is 2.94 bits per heavy atom. The van der Waals surface area contributed by atoms with Gasteiger partial charge < -0.3 is 14.6 Å². The first kappa shape index (κ1) is 12.6. The van der Waals surface area contributed by atoms with Crippen LogP contribution in [0.3, 0.4) is 0 Å². The molecule has 96 valence electrons. The van der Waals surface area contributed by atoms with Gasteiger partial charge in [-0.25, -0.2) is 4.98 Å². The standard InChI is InChI=1S/C13H23N3O/c1-11(2)17-8-7-16-10-15-9-13(16)12-3-5-14-6-4-12/h9-12,14H,3-8H2,1-2H3. The topological polar surface area (TPSA) is 39.1 Å². The molecule has 1 aromatic rings. The first-order chi connectivity index (χ1) is 8.27. The first-order valence-electron chi connectivity index (χ1n) is 6.59. The van der Waals surface area contributed by atoms with E-state index in [0.717, 1.165) is 26.2 Å². The van der Waals surface area contributed by atoms with Gasteiger partial charge in [0.15, 0.2) is 0 Å². The summed E-state index contributed by atoms with van der Waals surface area (Å²) >= 11 is 0. The lowest BCUT2D eigenvalue weighted by atomic mass is 9.95. The van der Waals surface area contributed by atoms with E-state index in [1.165, 1.54) is 18.5 Å². The van der Waals surface area contributed by atoms with Gasteiger partial charge in [-0.05, 0) is 39.8 Å². The van der Waals surface area contributed by atoms with Gasteiger partial charge >= 0.3 is 0 Å². The van der Waals surface area contributed by atoms with E-state index < -0.39 is 0 Å². The number of hydrogen-bond donors (Lipinski definition) is 1. The maximum atomic E-state index is 5.60. The number of imidazole rings is 1. The minimum Gasteiger partial charge on any atom is -0.377 e. The van der Waals surface area contributed by atoms with Gasteiger partial charge in [0.05, 0.1) is 19.0 Å². The zero-order valence-electron chi connectivity index (χ0n) is 10.9. The minimum atomic E-state index is 0.306. The van der Waals surface area contributed by atoms with E-state index in [2.05, 4.69) is 28.7 Å². The second-order valence-electron chi connectivity index (χ2n) is 4.96. The van der Waals surface area contributed by atoms with E-state index in [9.17, 15) is 0 Å². The van der Waals surface area contributed by atoms with Crippen molar-refractivity contribution in [3.8, 4) is 0 Å². The smallest absolute Gasteiger partial charge is 0.0949 e. The molecule has 2 rings (SSSR count). The van der Waals surface area contributed by atoms with Crippen molar-refractivity contribution in [2.24, 2.45) is 0 Å². The molecule has 0 aromatic carbocycles. The highest BCUT2D eigenvalue weighted by Crippen LogP contribution is 2.24. The highest BCUT2D eigenvalue weighted by atomic mass is 16.5. The minimum absolute atomic E-state index is 0.306. The highest BCUT2D eigenvalue weighted by Gasteiger charge is 2.18. The maximum absolute atomic E-state index is 5.60.